The summed E-state index contributed by atoms with van der Waals surface area (Å²) in [6.07, 6.45) is 5.56. The van der Waals surface area contributed by atoms with Crippen LogP contribution in [0.25, 0.3) is 0 Å². The minimum Gasteiger partial charge on any atom is -0.390 e. The normalized spacial score (nSPS) is 24.4. The smallest absolute Gasteiger partial charge is 0.0591 e. The fourth-order valence-corrected chi connectivity index (χ4v) is 2.21. The van der Waals surface area contributed by atoms with Crippen LogP contribution in [0.15, 0.2) is 30.3 Å². The summed E-state index contributed by atoms with van der Waals surface area (Å²) in [5.41, 5.74) is 0.945. The third kappa shape index (κ3) is 3.34. The summed E-state index contributed by atoms with van der Waals surface area (Å²) < 4.78 is 0. The Kier molecular flexibility index (Phi) is 3.34. The van der Waals surface area contributed by atoms with Crippen LogP contribution in [0.3, 0.4) is 0 Å². The highest BCUT2D eigenvalue weighted by molar-refractivity contribution is 5.27. The largest absolute Gasteiger partial charge is 0.390 e. The first kappa shape index (κ1) is 11.7. The molecule has 2 atom stereocenters. The molecule has 0 spiro atoms. The molecule has 87 valence electrons. The Hall–Kier alpha value is -0.820. The van der Waals surface area contributed by atoms with E-state index in [-0.39, 0.29) is 0 Å². The van der Waals surface area contributed by atoms with Crippen LogP contribution in [0.1, 0.15) is 44.6 Å². The maximum Gasteiger partial charge on any atom is 0.0591 e. The molecule has 1 aromatic carbocycles. The number of hydrogen-bond donors (Lipinski definition) is 1. The molecule has 1 fully saturated rings. The van der Waals surface area contributed by atoms with E-state index in [1.807, 2.05) is 13.8 Å². The summed E-state index contributed by atoms with van der Waals surface area (Å²) in [6, 6.07) is 10.7. The highest BCUT2D eigenvalue weighted by Crippen LogP contribution is 2.49. The summed E-state index contributed by atoms with van der Waals surface area (Å²) >= 11 is 0. The van der Waals surface area contributed by atoms with Gasteiger partial charge in [-0.05, 0) is 56.9 Å². The molecule has 0 unspecified atom stereocenters. The standard InChI is InChI=1S/C15H21O/c1-15(2,16)10-6-9-13-11-14(13)12-7-4-3-5-8-12/h3-5,7-9,13-14,16H,6,10-11H2,1-2H3/t13-,14+/m0/s1. The molecule has 1 aliphatic carbocycles. The molecule has 1 nitrogen and oxygen atoms in total. The predicted octanol–water partition coefficient (Wildman–Crippen LogP) is 3.55. The minimum atomic E-state index is -0.520. The molecule has 1 saturated carbocycles. The Morgan fingerprint density at radius 3 is 2.62 bits per heavy atom. The fourth-order valence-electron chi connectivity index (χ4n) is 2.21. The summed E-state index contributed by atoms with van der Waals surface area (Å²) in [5.74, 6) is 1.48. The van der Waals surface area contributed by atoms with Crippen molar-refractivity contribution in [2.24, 2.45) is 5.92 Å². The summed E-state index contributed by atoms with van der Waals surface area (Å²) in [4.78, 5) is 0. The second kappa shape index (κ2) is 4.58. The van der Waals surface area contributed by atoms with E-state index in [0.717, 1.165) is 24.7 Å². The van der Waals surface area contributed by atoms with Gasteiger partial charge < -0.3 is 5.11 Å². The molecule has 0 aliphatic heterocycles. The lowest BCUT2D eigenvalue weighted by Gasteiger charge is -2.16. The highest BCUT2D eigenvalue weighted by atomic mass is 16.3. The van der Waals surface area contributed by atoms with Gasteiger partial charge in [-0.1, -0.05) is 30.3 Å². The Morgan fingerprint density at radius 2 is 2.00 bits per heavy atom. The van der Waals surface area contributed by atoms with Crippen molar-refractivity contribution in [1.29, 1.82) is 0 Å². The average Bonchev–Trinajstić information content (AvgIpc) is 2.97. The average molecular weight is 217 g/mol. The maximum absolute atomic E-state index is 9.61. The molecule has 2 rings (SSSR count). The van der Waals surface area contributed by atoms with E-state index in [4.69, 9.17) is 0 Å². The van der Waals surface area contributed by atoms with E-state index in [1.54, 1.807) is 0 Å². The van der Waals surface area contributed by atoms with Gasteiger partial charge in [0.25, 0.3) is 0 Å². The van der Waals surface area contributed by atoms with Crippen LogP contribution in [0.2, 0.25) is 0 Å². The topological polar surface area (TPSA) is 20.2 Å². The maximum atomic E-state index is 9.61. The number of rotatable bonds is 5. The Morgan fingerprint density at radius 1 is 1.31 bits per heavy atom. The summed E-state index contributed by atoms with van der Waals surface area (Å²) in [6.45, 7) is 3.75. The number of aliphatic hydroxyl groups is 1. The Balaban J connectivity index is 1.72. The predicted molar refractivity (Wildman–Crippen MR) is 67.1 cm³/mol. The van der Waals surface area contributed by atoms with Crippen molar-refractivity contribution in [3.63, 3.8) is 0 Å². The van der Waals surface area contributed by atoms with Gasteiger partial charge >= 0.3 is 0 Å². The highest BCUT2D eigenvalue weighted by Gasteiger charge is 2.37. The Bertz CT molecular complexity index is 323. The lowest BCUT2D eigenvalue weighted by molar-refractivity contribution is 0.0708. The van der Waals surface area contributed by atoms with Crippen LogP contribution in [0.4, 0.5) is 0 Å². The van der Waals surface area contributed by atoms with E-state index in [2.05, 4.69) is 36.8 Å². The fraction of sp³-hybridized carbons (Fsp3) is 0.533. The zero-order chi connectivity index (χ0) is 11.6. The quantitative estimate of drug-likeness (QED) is 0.799. The molecule has 1 aliphatic rings. The van der Waals surface area contributed by atoms with Crippen molar-refractivity contribution < 1.29 is 5.11 Å². The van der Waals surface area contributed by atoms with Crippen molar-refractivity contribution in [2.45, 2.75) is 44.6 Å². The SMILES string of the molecule is CC(C)(O)CC[CH][C@H]1C[C@@H]1c1ccccc1. The minimum absolute atomic E-state index is 0.520. The molecular weight excluding hydrogens is 196 g/mol. The van der Waals surface area contributed by atoms with E-state index < -0.39 is 5.60 Å². The van der Waals surface area contributed by atoms with Crippen LogP contribution in [-0.4, -0.2) is 10.7 Å². The van der Waals surface area contributed by atoms with Crippen LogP contribution < -0.4 is 0 Å². The van der Waals surface area contributed by atoms with Gasteiger partial charge in [0.05, 0.1) is 5.60 Å². The zero-order valence-corrected chi connectivity index (χ0v) is 10.2. The lowest BCUT2D eigenvalue weighted by atomic mass is 9.99. The molecule has 0 aromatic heterocycles. The summed E-state index contributed by atoms with van der Waals surface area (Å²) in [7, 11) is 0. The van der Waals surface area contributed by atoms with E-state index in [0.29, 0.717) is 0 Å². The molecule has 1 aromatic rings. The van der Waals surface area contributed by atoms with Gasteiger partial charge in [-0.3, -0.25) is 0 Å². The molecular formula is C15H21O. The van der Waals surface area contributed by atoms with Crippen LogP contribution >= 0.6 is 0 Å². The van der Waals surface area contributed by atoms with Crippen molar-refractivity contribution in [2.75, 3.05) is 0 Å². The number of benzene rings is 1. The molecule has 1 N–H and O–H groups in total. The van der Waals surface area contributed by atoms with E-state index in [9.17, 15) is 5.11 Å². The van der Waals surface area contributed by atoms with Gasteiger partial charge in [0.1, 0.15) is 0 Å². The van der Waals surface area contributed by atoms with E-state index >= 15 is 0 Å². The molecule has 16 heavy (non-hydrogen) atoms. The van der Waals surface area contributed by atoms with Gasteiger partial charge in [-0.15, -0.1) is 0 Å². The van der Waals surface area contributed by atoms with Crippen molar-refractivity contribution >= 4 is 0 Å². The van der Waals surface area contributed by atoms with Gasteiger partial charge in [-0.25, -0.2) is 0 Å². The number of hydrogen-bond acceptors (Lipinski definition) is 1. The monoisotopic (exact) mass is 217 g/mol. The third-order valence-corrected chi connectivity index (χ3v) is 3.29. The van der Waals surface area contributed by atoms with Gasteiger partial charge in [0.15, 0.2) is 0 Å². The first-order valence-electron chi connectivity index (χ1n) is 6.17. The van der Waals surface area contributed by atoms with Crippen LogP contribution in [0.5, 0.6) is 0 Å². The second-order valence-electron chi connectivity index (χ2n) is 5.50. The van der Waals surface area contributed by atoms with Gasteiger partial charge in [0.2, 0.25) is 0 Å². The molecule has 0 bridgehead atoms. The van der Waals surface area contributed by atoms with Crippen molar-refractivity contribution in [3.8, 4) is 0 Å². The summed E-state index contributed by atoms with van der Waals surface area (Å²) in [5, 5.41) is 9.61. The second-order valence-corrected chi connectivity index (χ2v) is 5.50. The van der Waals surface area contributed by atoms with Gasteiger partial charge in [-0.2, -0.15) is 0 Å². The van der Waals surface area contributed by atoms with Crippen LogP contribution in [0, 0.1) is 12.3 Å². The molecule has 0 saturated heterocycles. The van der Waals surface area contributed by atoms with Crippen molar-refractivity contribution in [3.05, 3.63) is 42.3 Å². The van der Waals surface area contributed by atoms with Crippen LogP contribution in [-0.2, 0) is 0 Å². The first-order valence-corrected chi connectivity index (χ1v) is 6.17. The molecule has 0 amide bonds. The van der Waals surface area contributed by atoms with E-state index in [1.165, 1.54) is 12.0 Å². The van der Waals surface area contributed by atoms with Crippen molar-refractivity contribution in [1.82, 2.24) is 0 Å². The zero-order valence-electron chi connectivity index (χ0n) is 10.2. The molecule has 1 heteroatoms. The molecule has 0 heterocycles. The molecule has 1 radical (unpaired) electrons. The third-order valence-electron chi connectivity index (χ3n) is 3.29. The Labute approximate surface area is 98.5 Å². The van der Waals surface area contributed by atoms with Gasteiger partial charge in [0, 0.05) is 0 Å². The first-order chi connectivity index (χ1) is 7.56. The lowest BCUT2D eigenvalue weighted by Crippen LogP contribution is -2.17.